The smallest absolute Gasteiger partial charge is 0.336 e. The zero-order chi connectivity index (χ0) is 15.7. The minimum absolute atomic E-state index is 0.112. The van der Waals surface area contributed by atoms with Crippen molar-refractivity contribution < 1.29 is 9.52 Å². The standard InChI is InChI=1S/C16H11ClN2O3/c1-9-6-16(21)22-15-8-14(20)13(7-12(9)15)19-18-11-4-2-10(17)3-5-11/h2-8,20H,1H3. The van der Waals surface area contributed by atoms with E-state index in [9.17, 15) is 9.90 Å². The van der Waals surface area contributed by atoms with Crippen molar-refractivity contribution in [3.05, 3.63) is 63.5 Å². The van der Waals surface area contributed by atoms with Crippen molar-refractivity contribution in [2.75, 3.05) is 0 Å². The number of aryl methyl sites for hydroxylation is 1. The quantitative estimate of drug-likeness (QED) is 0.541. The molecule has 110 valence electrons. The molecule has 0 saturated carbocycles. The second-order valence-electron chi connectivity index (χ2n) is 4.76. The van der Waals surface area contributed by atoms with Crippen LogP contribution >= 0.6 is 11.6 Å². The van der Waals surface area contributed by atoms with Crippen LogP contribution in [0.25, 0.3) is 11.0 Å². The highest BCUT2D eigenvalue weighted by atomic mass is 35.5. The number of fused-ring (bicyclic) bond motifs is 1. The first-order valence-corrected chi connectivity index (χ1v) is 6.85. The highest BCUT2D eigenvalue weighted by Crippen LogP contribution is 2.33. The molecule has 0 spiro atoms. The lowest BCUT2D eigenvalue weighted by Crippen LogP contribution is -1.97. The Morgan fingerprint density at radius 2 is 1.82 bits per heavy atom. The number of aromatic hydroxyl groups is 1. The molecule has 2 aromatic carbocycles. The number of hydrogen-bond donors (Lipinski definition) is 1. The molecule has 22 heavy (non-hydrogen) atoms. The Balaban J connectivity index is 2.05. The van der Waals surface area contributed by atoms with Gasteiger partial charge in [-0.3, -0.25) is 0 Å². The molecule has 3 aromatic rings. The van der Waals surface area contributed by atoms with Crippen molar-refractivity contribution in [2.45, 2.75) is 6.92 Å². The van der Waals surface area contributed by atoms with Gasteiger partial charge >= 0.3 is 5.63 Å². The van der Waals surface area contributed by atoms with Gasteiger partial charge in [0.05, 0.1) is 5.69 Å². The second-order valence-corrected chi connectivity index (χ2v) is 5.20. The summed E-state index contributed by atoms with van der Waals surface area (Å²) in [6, 6.07) is 11.2. The lowest BCUT2D eigenvalue weighted by atomic mass is 10.1. The minimum Gasteiger partial charge on any atom is -0.505 e. The van der Waals surface area contributed by atoms with E-state index in [4.69, 9.17) is 16.0 Å². The Labute approximate surface area is 130 Å². The Bertz CT molecular complexity index is 931. The van der Waals surface area contributed by atoms with E-state index in [1.807, 2.05) is 0 Å². The second kappa shape index (κ2) is 5.61. The van der Waals surface area contributed by atoms with E-state index in [2.05, 4.69) is 10.2 Å². The van der Waals surface area contributed by atoms with Gasteiger partial charge in [-0.2, -0.15) is 5.11 Å². The SMILES string of the molecule is Cc1cc(=O)oc2cc(O)c(N=Nc3ccc(Cl)cc3)cc12. The van der Waals surface area contributed by atoms with Gasteiger partial charge in [0.15, 0.2) is 0 Å². The average molecular weight is 315 g/mol. The van der Waals surface area contributed by atoms with Crippen LogP contribution in [-0.4, -0.2) is 5.11 Å². The first-order valence-electron chi connectivity index (χ1n) is 6.48. The Morgan fingerprint density at radius 1 is 1.09 bits per heavy atom. The van der Waals surface area contributed by atoms with E-state index in [1.165, 1.54) is 12.1 Å². The summed E-state index contributed by atoms with van der Waals surface area (Å²) in [7, 11) is 0. The Morgan fingerprint density at radius 3 is 2.55 bits per heavy atom. The molecule has 0 saturated heterocycles. The fraction of sp³-hybridized carbons (Fsp3) is 0.0625. The third-order valence-corrected chi connectivity index (χ3v) is 3.40. The third-order valence-electron chi connectivity index (χ3n) is 3.15. The van der Waals surface area contributed by atoms with Crippen LogP contribution in [0.1, 0.15) is 5.56 Å². The molecule has 3 rings (SSSR count). The first kappa shape index (κ1) is 14.3. The van der Waals surface area contributed by atoms with Crippen molar-refractivity contribution in [3.8, 4) is 5.75 Å². The molecule has 0 fully saturated rings. The van der Waals surface area contributed by atoms with Crippen LogP contribution in [0.15, 0.2) is 61.9 Å². The van der Waals surface area contributed by atoms with Crippen LogP contribution in [0.4, 0.5) is 11.4 Å². The summed E-state index contributed by atoms with van der Waals surface area (Å²) in [5.74, 6) is -0.112. The van der Waals surface area contributed by atoms with E-state index in [0.29, 0.717) is 27.4 Å². The van der Waals surface area contributed by atoms with Crippen LogP contribution in [0.3, 0.4) is 0 Å². The van der Waals surface area contributed by atoms with Crippen LogP contribution in [0.2, 0.25) is 5.02 Å². The molecule has 0 radical (unpaired) electrons. The maximum atomic E-state index is 11.3. The fourth-order valence-corrected chi connectivity index (χ4v) is 2.17. The molecule has 1 N–H and O–H groups in total. The predicted molar refractivity (Wildman–Crippen MR) is 84.5 cm³/mol. The molecular weight excluding hydrogens is 304 g/mol. The molecule has 6 heteroatoms. The van der Waals surface area contributed by atoms with Crippen molar-refractivity contribution in [2.24, 2.45) is 10.2 Å². The van der Waals surface area contributed by atoms with Crippen molar-refractivity contribution >= 4 is 33.9 Å². The van der Waals surface area contributed by atoms with Gasteiger partial charge in [-0.15, -0.1) is 5.11 Å². The fourth-order valence-electron chi connectivity index (χ4n) is 2.04. The van der Waals surface area contributed by atoms with Crippen molar-refractivity contribution in [1.29, 1.82) is 0 Å². The lowest BCUT2D eigenvalue weighted by molar-refractivity contribution is 0.474. The van der Waals surface area contributed by atoms with Gasteiger partial charge in [-0.05, 0) is 42.8 Å². The first-order chi connectivity index (χ1) is 10.5. The molecule has 0 amide bonds. The van der Waals surface area contributed by atoms with E-state index >= 15 is 0 Å². The van der Waals surface area contributed by atoms with E-state index in [-0.39, 0.29) is 5.75 Å². The van der Waals surface area contributed by atoms with Crippen molar-refractivity contribution in [1.82, 2.24) is 0 Å². The molecule has 5 nitrogen and oxygen atoms in total. The summed E-state index contributed by atoms with van der Waals surface area (Å²) in [6.07, 6.45) is 0. The Hall–Kier alpha value is -2.66. The molecule has 0 unspecified atom stereocenters. The number of azo groups is 1. The number of rotatable bonds is 2. The number of phenols is 1. The summed E-state index contributed by atoms with van der Waals surface area (Å²) in [5.41, 5.74) is 1.50. The molecule has 0 aliphatic rings. The molecule has 0 aliphatic carbocycles. The van der Waals surface area contributed by atoms with Crippen LogP contribution in [-0.2, 0) is 0 Å². The summed E-state index contributed by atoms with van der Waals surface area (Å²) >= 11 is 5.80. The number of halogens is 1. The zero-order valence-electron chi connectivity index (χ0n) is 11.6. The van der Waals surface area contributed by atoms with E-state index < -0.39 is 5.63 Å². The van der Waals surface area contributed by atoms with Crippen LogP contribution in [0.5, 0.6) is 5.75 Å². The molecule has 1 aromatic heterocycles. The molecule has 0 atom stereocenters. The average Bonchev–Trinajstić information content (AvgIpc) is 2.47. The number of phenolic OH excluding ortho intramolecular Hbond substituents is 1. The summed E-state index contributed by atoms with van der Waals surface area (Å²) < 4.78 is 5.05. The Kier molecular flexibility index (Phi) is 3.65. The maximum Gasteiger partial charge on any atom is 0.336 e. The number of benzene rings is 2. The van der Waals surface area contributed by atoms with Crippen LogP contribution < -0.4 is 5.63 Å². The molecular formula is C16H11ClN2O3. The maximum absolute atomic E-state index is 11.3. The molecule has 0 bridgehead atoms. The van der Waals surface area contributed by atoms with Gasteiger partial charge in [0, 0.05) is 22.5 Å². The van der Waals surface area contributed by atoms with Crippen LogP contribution in [0, 0.1) is 6.92 Å². The summed E-state index contributed by atoms with van der Waals surface area (Å²) in [4.78, 5) is 11.3. The van der Waals surface area contributed by atoms with Gasteiger partial charge in [0.25, 0.3) is 0 Å². The van der Waals surface area contributed by atoms with Gasteiger partial charge < -0.3 is 9.52 Å². The third kappa shape index (κ3) is 2.84. The van der Waals surface area contributed by atoms with Gasteiger partial charge in [-0.25, -0.2) is 4.79 Å². The topological polar surface area (TPSA) is 75.2 Å². The molecule has 0 aliphatic heterocycles. The zero-order valence-corrected chi connectivity index (χ0v) is 12.3. The summed E-state index contributed by atoms with van der Waals surface area (Å²) in [6.45, 7) is 1.79. The highest BCUT2D eigenvalue weighted by molar-refractivity contribution is 6.30. The van der Waals surface area contributed by atoms with Gasteiger partial charge in [0.1, 0.15) is 17.0 Å². The lowest BCUT2D eigenvalue weighted by Gasteiger charge is -2.03. The predicted octanol–water partition coefficient (Wildman–Crippen LogP) is 4.88. The van der Waals surface area contributed by atoms with Crippen molar-refractivity contribution in [3.63, 3.8) is 0 Å². The van der Waals surface area contributed by atoms with Gasteiger partial charge in [-0.1, -0.05) is 11.6 Å². The highest BCUT2D eigenvalue weighted by Gasteiger charge is 2.08. The van der Waals surface area contributed by atoms with E-state index in [0.717, 1.165) is 5.56 Å². The molecule has 1 heterocycles. The number of hydrogen-bond acceptors (Lipinski definition) is 5. The van der Waals surface area contributed by atoms with E-state index in [1.54, 1.807) is 37.3 Å². The number of nitrogens with zero attached hydrogens (tertiary/aromatic N) is 2. The summed E-state index contributed by atoms with van der Waals surface area (Å²) in [5, 5.41) is 19.4. The van der Waals surface area contributed by atoms with Gasteiger partial charge in [0.2, 0.25) is 0 Å². The minimum atomic E-state index is -0.458. The normalized spacial score (nSPS) is 11.4. The largest absolute Gasteiger partial charge is 0.505 e. The monoisotopic (exact) mass is 314 g/mol.